The van der Waals surface area contributed by atoms with Crippen LogP contribution in [0.15, 0.2) is 65.3 Å². The Hall–Kier alpha value is -3.44. The van der Waals surface area contributed by atoms with E-state index < -0.39 is 5.60 Å². The number of aliphatic hydroxyl groups is 1. The predicted molar refractivity (Wildman–Crippen MR) is 139 cm³/mol. The van der Waals surface area contributed by atoms with Crippen molar-refractivity contribution in [3.05, 3.63) is 83.4 Å². The topological polar surface area (TPSA) is 64.1 Å². The molecule has 0 saturated heterocycles. The first-order valence-electron chi connectivity index (χ1n) is 12.5. The number of hydrogen-bond donors (Lipinski definition) is 1. The summed E-state index contributed by atoms with van der Waals surface area (Å²) in [6.45, 7) is 7.61. The molecular weight excluding hydrogens is 434 g/mol. The zero-order valence-electron chi connectivity index (χ0n) is 20.7. The number of pyridine rings is 1. The summed E-state index contributed by atoms with van der Waals surface area (Å²) in [7, 11) is 0. The van der Waals surface area contributed by atoms with Crippen LogP contribution in [-0.4, -0.2) is 19.8 Å². The number of aromatic nitrogens is 3. The van der Waals surface area contributed by atoms with E-state index in [1.165, 1.54) is 24.8 Å². The molecule has 1 fully saturated rings. The lowest BCUT2D eigenvalue weighted by Crippen LogP contribution is -2.26. The third-order valence-electron chi connectivity index (χ3n) is 7.68. The van der Waals surface area contributed by atoms with Crippen LogP contribution >= 0.6 is 0 Å². The zero-order valence-corrected chi connectivity index (χ0v) is 20.7. The fourth-order valence-corrected chi connectivity index (χ4v) is 5.66. The molecule has 0 amide bonds. The summed E-state index contributed by atoms with van der Waals surface area (Å²) in [5.41, 5.74) is 7.38. The van der Waals surface area contributed by atoms with E-state index >= 15 is 0 Å². The second kappa shape index (κ2) is 8.06. The lowest BCUT2D eigenvalue weighted by Gasteiger charge is -2.36. The molecule has 1 aliphatic carbocycles. The molecule has 1 atom stereocenters. The molecule has 3 aromatic heterocycles. The number of hydrogen-bond acceptors (Lipinski definition) is 4. The molecule has 1 aliphatic rings. The maximum atomic E-state index is 10.8. The molecule has 5 heteroatoms. The lowest BCUT2D eigenvalue weighted by molar-refractivity contribution is 0.0787. The molecular formula is C30H31N3O2. The van der Waals surface area contributed by atoms with E-state index in [-0.39, 0.29) is 6.04 Å². The molecule has 0 spiro atoms. The molecule has 5 nitrogen and oxygen atoms in total. The third kappa shape index (κ3) is 3.57. The average molecular weight is 466 g/mol. The smallest absolute Gasteiger partial charge is 0.141 e. The highest BCUT2D eigenvalue weighted by Crippen LogP contribution is 2.45. The predicted octanol–water partition coefficient (Wildman–Crippen LogP) is 7.08. The highest BCUT2D eigenvalue weighted by Gasteiger charge is 2.33. The highest BCUT2D eigenvalue weighted by atomic mass is 16.5. The first-order valence-corrected chi connectivity index (χ1v) is 12.5. The lowest BCUT2D eigenvalue weighted by atomic mass is 9.77. The first-order chi connectivity index (χ1) is 16.8. The summed E-state index contributed by atoms with van der Waals surface area (Å²) in [5, 5.41) is 16.1. The van der Waals surface area contributed by atoms with Crippen molar-refractivity contribution >= 4 is 21.9 Å². The minimum Gasteiger partial charge on any atom is -0.386 e. The number of nitrogens with zero attached hydrogens (tertiary/aromatic N) is 3. The molecule has 0 aliphatic heterocycles. The number of benzene rings is 2. The van der Waals surface area contributed by atoms with Gasteiger partial charge in [0.2, 0.25) is 0 Å². The fraction of sp³-hybridized carbons (Fsp3) is 0.333. The van der Waals surface area contributed by atoms with Gasteiger partial charge >= 0.3 is 0 Å². The monoisotopic (exact) mass is 465 g/mol. The second-order valence-corrected chi connectivity index (χ2v) is 10.5. The number of fused-ring (bicyclic) bond motifs is 3. The van der Waals surface area contributed by atoms with Crippen LogP contribution < -0.4 is 0 Å². The van der Waals surface area contributed by atoms with Crippen molar-refractivity contribution < 1.29 is 9.63 Å². The van der Waals surface area contributed by atoms with Gasteiger partial charge in [0.05, 0.1) is 33.9 Å². The minimum absolute atomic E-state index is 0.198. The summed E-state index contributed by atoms with van der Waals surface area (Å²) in [6, 6.07) is 19.6. The largest absolute Gasteiger partial charge is 0.386 e. The minimum atomic E-state index is -0.927. The van der Waals surface area contributed by atoms with Gasteiger partial charge in [0, 0.05) is 22.7 Å². The summed E-state index contributed by atoms with van der Waals surface area (Å²) in [5.74, 6) is 1.36. The highest BCUT2D eigenvalue weighted by molar-refractivity contribution is 6.07. The molecule has 3 heterocycles. The number of rotatable bonds is 5. The van der Waals surface area contributed by atoms with Crippen LogP contribution in [0.1, 0.15) is 61.7 Å². The van der Waals surface area contributed by atoms with Gasteiger partial charge in [-0.2, -0.15) is 0 Å². The third-order valence-corrected chi connectivity index (χ3v) is 7.68. The standard InChI is InChI=1S/C30H31N3O2/c1-18-27(19(2)35-32-18)22-15-26-28(31-17-22)24-14-13-23(30(3,4)34)16-25(24)33(26)29(21-11-8-12-21)20-9-6-5-7-10-20/h5-7,9-10,13-17,21,29,34H,8,11-12H2,1-4H3/t29-/m0/s1. The summed E-state index contributed by atoms with van der Waals surface area (Å²) in [4.78, 5) is 4.99. The van der Waals surface area contributed by atoms with Crippen molar-refractivity contribution in [1.82, 2.24) is 14.7 Å². The Morgan fingerprint density at radius 2 is 1.80 bits per heavy atom. The van der Waals surface area contributed by atoms with Gasteiger partial charge in [0.1, 0.15) is 5.76 Å². The summed E-state index contributed by atoms with van der Waals surface area (Å²) in [6.07, 6.45) is 5.62. The molecule has 2 aromatic carbocycles. The molecule has 178 valence electrons. The van der Waals surface area contributed by atoms with Gasteiger partial charge in [0.15, 0.2) is 0 Å². The van der Waals surface area contributed by atoms with Crippen molar-refractivity contribution in [1.29, 1.82) is 0 Å². The van der Waals surface area contributed by atoms with E-state index in [0.717, 1.165) is 50.1 Å². The normalized spacial score (nSPS) is 15.6. The van der Waals surface area contributed by atoms with Crippen molar-refractivity contribution in [2.45, 2.75) is 58.6 Å². The van der Waals surface area contributed by atoms with Gasteiger partial charge < -0.3 is 14.2 Å². The number of aryl methyl sites for hydroxylation is 2. The molecule has 1 saturated carbocycles. The Kier molecular flexibility index (Phi) is 5.08. The van der Waals surface area contributed by atoms with E-state index in [1.807, 2.05) is 40.0 Å². The van der Waals surface area contributed by atoms with E-state index in [4.69, 9.17) is 9.51 Å². The Balaban J connectivity index is 1.70. The van der Waals surface area contributed by atoms with Gasteiger partial charge in [-0.25, -0.2) is 0 Å². The fourth-order valence-electron chi connectivity index (χ4n) is 5.66. The maximum absolute atomic E-state index is 10.8. The molecule has 5 aromatic rings. The Morgan fingerprint density at radius 3 is 2.43 bits per heavy atom. The quantitative estimate of drug-likeness (QED) is 0.301. The molecule has 0 radical (unpaired) electrons. The molecule has 6 rings (SSSR count). The van der Waals surface area contributed by atoms with E-state index in [1.54, 1.807) is 0 Å². The SMILES string of the molecule is Cc1noc(C)c1-c1cnc2c3ccc(C(C)(C)O)cc3n([C@@H](c3ccccc3)C3CCC3)c2c1. The van der Waals surface area contributed by atoms with Gasteiger partial charge in [-0.3, -0.25) is 4.98 Å². The van der Waals surface area contributed by atoms with Gasteiger partial charge in [-0.05, 0) is 69.7 Å². The van der Waals surface area contributed by atoms with Crippen molar-refractivity contribution in [2.24, 2.45) is 5.92 Å². The van der Waals surface area contributed by atoms with E-state index in [0.29, 0.717) is 5.92 Å². The molecule has 0 unspecified atom stereocenters. The van der Waals surface area contributed by atoms with Gasteiger partial charge in [-0.1, -0.05) is 54.0 Å². The van der Waals surface area contributed by atoms with Crippen molar-refractivity contribution in [3.63, 3.8) is 0 Å². The Bertz CT molecular complexity index is 1520. The molecule has 35 heavy (non-hydrogen) atoms. The van der Waals surface area contributed by atoms with E-state index in [2.05, 4.69) is 58.3 Å². The zero-order chi connectivity index (χ0) is 24.3. The van der Waals surface area contributed by atoms with Crippen molar-refractivity contribution in [2.75, 3.05) is 0 Å². The second-order valence-electron chi connectivity index (χ2n) is 10.5. The van der Waals surface area contributed by atoms with Crippen LogP contribution in [0.2, 0.25) is 0 Å². The Morgan fingerprint density at radius 1 is 1.03 bits per heavy atom. The molecule has 0 bridgehead atoms. The summed E-state index contributed by atoms with van der Waals surface area (Å²) < 4.78 is 7.95. The average Bonchev–Trinajstić information content (AvgIpc) is 3.31. The van der Waals surface area contributed by atoms with Gasteiger partial charge in [0.25, 0.3) is 0 Å². The van der Waals surface area contributed by atoms with Crippen LogP contribution in [0.5, 0.6) is 0 Å². The summed E-state index contributed by atoms with van der Waals surface area (Å²) >= 11 is 0. The van der Waals surface area contributed by atoms with Crippen LogP contribution in [0.3, 0.4) is 0 Å². The molecule has 1 N–H and O–H groups in total. The maximum Gasteiger partial charge on any atom is 0.141 e. The van der Waals surface area contributed by atoms with Crippen LogP contribution in [0.25, 0.3) is 33.1 Å². The van der Waals surface area contributed by atoms with Crippen LogP contribution in [0, 0.1) is 19.8 Å². The van der Waals surface area contributed by atoms with Crippen molar-refractivity contribution in [3.8, 4) is 11.1 Å². The van der Waals surface area contributed by atoms with Crippen LogP contribution in [-0.2, 0) is 5.60 Å². The first kappa shape index (κ1) is 22.1. The Labute approximate surface area is 205 Å². The van der Waals surface area contributed by atoms with E-state index in [9.17, 15) is 5.11 Å². The van der Waals surface area contributed by atoms with Gasteiger partial charge in [-0.15, -0.1) is 0 Å². The van der Waals surface area contributed by atoms with Crippen LogP contribution in [0.4, 0.5) is 0 Å².